The molecule has 5 heteroatoms. The molecular formula is C14H20N2O3. The number of nitrogens with two attached hydrogens (primary N) is 1. The molecule has 2 rings (SSSR count). The molecule has 0 saturated carbocycles. The van der Waals surface area contributed by atoms with Crippen LogP contribution in [0.15, 0.2) is 18.2 Å². The van der Waals surface area contributed by atoms with Crippen molar-refractivity contribution in [1.82, 2.24) is 4.90 Å². The number of hydrogen-bond acceptors (Lipinski definition) is 4. The molecule has 1 heterocycles. The number of benzene rings is 1. The normalized spacial score (nSPS) is 13.3. The number of hydrogen-bond donors (Lipinski definition) is 1. The lowest BCUT2D eigenvalue weighted by molar-refractivity contribution is -0.118. The number of fused-ring (bicyclic) bond motifs is 1. The van der Waals surface area contributed by atoms with Crippen LogP contribution in [0.1, 0.15) is 25.8 Å². The second-order valence-corrected chi connectivity index (χ2v) is 4.93. The van der Waals surface area contributed by atoms with E-state index in [9.17, 15) is 4.79 Å². The maximum atomic E-state index is 10.9. The van der Waals surface area contributed by atoms with Crippen molar-refractivity contribution < 1.29 is 14.3 Å². The Hall–Kier alpha value is -1.75. The summed E-state index contributed by atoms with van der Waals surface area (Å²) in [7, 11) is 0. The van der Waals surface area contributed by atoms with E-state index in [0.29, 0.717) is 19.0 Å². The van der Waals surface area contributed by atoms with Gasteiger partial charge in [0, 0.05) is 31.1 Å². The minimum atomic E-state index is -0.275. The van der Waals surface area contributed by atoms with E-state index in [0.717, 1.165) is 23.6 Å². The molecule has 0 saturated heterocycles. The Kier molecular flexibility index (Phi) is 4.27. The number of primary amides is 1. The van der Waals surface area contributed by atoms with E-state index < -0.39 is 0 Å². The van der Waals surface area contributed by atoms with E-state index in [1.165, 1.54) is 0 Å². The zero-order valence-electron chi connectivity index (χ0n) is 11.4. The molecule has 1 aliphatic heterocycles. The number of nitrogens with zero attached hydrogens (tertiary/aromatic N) is 1. The molecule has 0 aliphatic carbocycles. The highest BCUT2D eigenvalue weighted by atomic mass is 16.7. The topological polar surface area (TPSA) is 64.8 Å². The van der Waals surface area contributed by atoms with Gasteiger partial charge in [0.2, 0.25) is 12.7 Å². The maximum absolute atomic E-state index is 10.9. The molecule has 0 unspecified atom stereocenters. The Morgan fingerprint density at radius 3 is 2.89 bits per heavy atom. The highest BCUT2D eigenvalue weighted by molar-refractivity contribution is 5.73. The lowest BCUT2D eigenvalue weighted by Crippen LogP contribution is -2.33. The molecule has 1 amide bonds. The molecule has 5 nitrogen and oxygen atoms in total. The summed E-state index contributed by atoms with van der Waals surface area (Å²) in [6.07, 6.45) is 0.366. The van der Waals surface area contributed by atoms with Crippen LogP contribution in [-0.2, 0) is 11.3 Å². The summed E-state index contributed by atoms with van der Waals surface area (Å²) in [5.74, 6) is 1.33. The Morgan fingerprint density at radius 2 is 2.21 bits per heavy atom. The molecule has 1 aromatic rings. The molecule has 0 atom stereocenters. The third kappa shape index (κ3) is 3.38. The summed E-state index contributed by atoms with van der Waals surface area (Å²) in [5.41, 5.74) is 6.29. The fraction of sp³-hybridized carbons (Fsp3) is 0.500. The van der Waals surface area contributed by atoms with Crippen molar-refractivity contribution in [3.63, 3.8) is 0 Å². The van der Waals surface area contributed by atoms with Crippen LogP contribution in [0.4, 0.5) is 0 Å². The van der Waals surface area contributed by atoms with E-state index in [4.69, 9.17) is 15.2 Å². The summed E-state index contributed by atoms with van der Waals surface area (Å²) in [6, 6.07) is 6.20. The van der Waals surface area contributed by atoms with Crippen LogP contribution in [0.5, 0.6) is 11.5 Å². The number of ether oxygens (including phenoxy) is 2. The van der Waals surface area contributed by atoms with Gasteiger partial charge in [0.1, 0.15) is 0 Å². The van der Waals surface area contributed by atoms with Crippen LogP contribution >= 0.6 is 0 Å². The van der Waals surface area contributed by atoms with Gasteiger partial charge in [0.25, 0.3) is 0 Å². The minimum absolute atomic E-state index is 0.273. The van der Waals surface area contributed by atoms with Crippen LogP contribution in [0.2, 0.25) is 0 Å². The second kappa shape index (κ2) is 5.93. The van der Waals surface area contributed by atoms with Crippen molar-refractivity contribution in [2.75, 3.05) is 13.3 Å². The Balaban J connectivity index is 2.09. The first-order valence-electron chi connectivity index (χ1n) is 6.47. The van der Waals surface area contributed by atoms with Gasteiger partial charge in [-0.05, 0) is 19.9 Å². The average Bonchev–Trinajstić information content (AvgIpc) is 2.82. The smallest absolute Gasteiger partial charge is 0.231 e. The molecule has 1 aliphatic rings. The quantitative estimate of drug-likeness (QED) is 0.845. The number of amides is 1. The number of para-hydroxylation sites is 1. The van der Waals surface area contributed by atoms with Gasteiger partial charge in [-0.1, -0.05) is 12.1 Å². The lowest BCUT2D eigenvalue weighted by Gasteiger charge is -2.26. The van der Waals surface area contributed by atoms with E-state index in [-0.39, 0.29) is 12.7 Å². The predicted octanol–water partition coefficient (Wildman–Crippen LogP) is 1.50. The maximum Gasteiger partial charge on any atom is 0.231 e. The van der Waals surface area contributed by atoms with Crippen LogP contribution in [0.25, 0.3) is 0 Å². The Labute approximate surface area is 113 Å². The molecular weight excluding hydrogens is 244 g/mol. The van der Waals surface area contributed by atoms with Gasteiger partial charge in [0.15, 0.2) is 11.5 Å². The summed E-state index contributed by atoms with van der Waals surface area (Å²) in [6.45, 7) is 5.84. The van der Waals surface area contributed by atoms with Gasteiger partial charge in [-0.15, -0.1) is 0 Å². The van der Waals surface area contributed by atoms with E-state index in [1.807, 2.05) is 18.2 Å². The second-order valence-electron chi connectivity index (χ2n) is 4.93. The molecule has 104 valence electrons. The summed E-state index contributed by atoms with van der Waals surface area (Å²) < 4.78 is 10.9. The standard InChI is InChI=1S/C14H20N2O3/c1-10(2)16(7-6-13(15)17)8-11-4-3-5-12-14(11)19-9-18-12/h3-5,10H,6-9H2,1-2H3,(H2,15,17). The molecule has 0 aromatic heterocycles. The van der Waals surface area contributed by atoms with Gasteiger partial charge in [0.05, 0.1) is 0 Å². The third-order valence-corrected chi connectivity index (χ3v) is 3.23. The van der Waals surface area contributed by atoms with E-state index >= 15 is 0 Å². The fourth-order valence-corrected chi connectivity index (χ4v) is 2.11. The number of carbonyl (C=O) groups excluding carboxylic acids is 1. The summed E-state index contributed by atoms with van der Waals surface area (Å²) in [4.78, 5) is 13.1. The first-order chi connectivity index (χ1) is 9.08. The highest BCUT2D eigenvalue weighted by Crippen LogP contribution is 2.36. The van der Waals surface area contributed by atoms with Gasteiger partial charge in [-0.2, -0.15) is 0 Å². The Morgan fingerprint density at radius 1 is 1.42 bits per heavy atom. The van der Waals surface area contributed by atoms with Gasteiger partial charge >= 0.3 is 0 Å². The molecule has 19 heavy (non-hydrogen) atoms. The van der Waals surface area contributed by atoms with Crippen molar-refractivity contribution >= 4 is 5.91 Å². The van der Waals surface area contributed by atoms with Gasteiger partial charge in [-0.25, -0.2) is 0 Å². The van der Waals surface area contributed by atoms with Gasteiger partial charge in [-0.3, -0.25) is 9.69 Å². The van der Waals surface area contributed by atoms with Crippen molar-refractivity contribution in [2.45, 2.75) is 32.9 Å². The van der Waals surface area contributed by atoms with Crippen molar-refractivity contribution in [3.8, 4) is 11.5 Å². The first-order valence-corrected chi connectivity index (χ1v) is 6.47. The van der Waals surface area contributed by atoms with Crippen LogP contribution < -0.4 is 15.2 Å². The van der Waals surface area contributed by atoms with Crippen LogP contribution in [-0.4, -0.2) is 30.2 Å². The van der Waals surface area contributed by atoms with Crippen molar-refractivity contribution in [2.24, 2.45) is 5.73 Å². The van der Waals surface area contributed by atoms with Crippen molar-refractivity contribution in [1.29, 1.82) is 0 Å². The van der Waals surface area contributed by atoms with Gasteiger partial charge < -0.3 is 15.2 Å². The first kappa shape index (κ1) is 13.7. The zero-order chi connectivity index (χ0) is 13.8. The SMILES string of the molecule is CC(C)N(CCC(N)=O)Cc1cccc2c1OCO2. The zero-order valence-corrected chi connectivity index (χ0v) is 11.4. The van der Waals surface area contributed by atoms with Crippen LogP contribution in [0, 0.1) is 0 Å². The molecule has 0 spiro atoms. The van der Waals surface area contributed by atoms with Crippen molar-refractivity contribution in [3.05, 3.63) is 23.8 Å². The fourth-order valence-electron chi connectivity index (χ4n) is 2.11. The monoisotopic (exact) mass is 264 g/mol. The van der Waals surface area contributed by atoms with E-state index in [2.05, 4.69) is 18.7 Å². The van der Waals surface area contributed by atoms with Crippen LogP contribution in [0.3, 0.4) is 0 Å². The molecule has 2 N–H and O–H groups in total. The molecule has 0 fully saturated rings. The minimum Gasteiger partial charge on any atom is -0.454 e. The molecule has 0 radical (unpaired) electrons. The molecule has 0 bridgehead atoms. The number of carbonyl (C=O) groups is 1. The van der Waals surface area contributed by atoms with E-state index in [1.54, 1.807) is 0 Å². The largest absolute Gasteiger partial charge is 0.454 e. The summed E-state index contributed by atoms with van der Waals surface area (Å²) in [5, 5.41) is 0. The third-order valence-electron chi connectivity index (χ3n) is 3.23. The Bertz CT molecular complexity index is 460. The summed E-state index contributed by atoms with van der Waals surface area (Å²) >= 11 is 0. The number of rotatable bonds is 6. The highest BCUT2D eigenvalue weighted by Gasteiger charge is 2.20. The predicted molar refractivity (Wildman–Crippen MR) is 71.9 cm³/mol. The average molecular weight is 264 g/mol. The lowest BCUT2D eigenvalue weighted by atomic mass is 10.1. The molecule has 1 aromatic carbocycles.